The van der Waals surface area contributed by atoms with E-state index in [4.69, 9.17) is 0 Å². The molecule has 0 radical (unpaired) electrons. The van der Waals surface area contributed by atoms with Gasteiger partial charge < -0.3 is 10.6 Å². The Labute approximate surface area is 117 Å². The predicted octanol–water partition coefficient (Wildman–Crippen LogP) is 3.77. The highest BCUT2D eigenvalue weighted by atomic mass is 19.4. The highest BCUT2D eigenvalue weighted by molar-refractivity contribution is 5.43. The molecule has 0 fully saturated rings. The van der Waals surface area contributed by atoms with Gasteiger partial charge in [-0.05, 0) is 25.7 Å². The molecule has 1 unspecified atom stereocenters. The summed E-state index contributed by atoms with van der Waals surface area (Å²) in [5.41, 5.74) is -0.949. The molecule has 2 N–H and O–H groups in total. The summed E-state index contributed by atoms with van der Waals surface area (Å²) in [5.74, 6) is 0.703. The van der Waals surface area contributed by atoms with Crippen LogP contribution in [0.2, 0.25) is 0 Å². The van der Waals surface area contributed by atoms with Crippen LogP contribution in [0, 0.1) is 5.92 Å². The van der Waals surface area contributed by atoms with Crippen molar-refractivity contribution in [2.45, 2.75) is 45.8 Å². The number of hydrogen-bond acceptors (Lipinski definition) is 4. The van der Waals surface area contributed by atoms with Crippen molar-refractivity contribution in [3.63, 3.8) is 0 Å². The van der Waals surface area contributed by atoms with Crippen LogP contribution in [0.4, 0.5) is 24.9 Å². The highest BCUT2D eigenvalue weighted by Crippen LogP contribution is 2.29. The maximum Gasteiger partial charge on any atom is 0.433 e. The monoisotopic (exact) mass is 290 g/mol. The lowest BCUT2D eigenvalue weighted by atomic mass is 10.0. The molecule has 1 aromatic heterocycles. The number of rotatable bonds is 6. The van der Waals surface area contributed by atoms with Gasteiger partial charge in [-0.2, -0.15) is 18.2 Å². The molecule has 1 rings (SSSR count). The molecule has 0 saturated heterocycles. The van der Waals surface area contributed by atoms with Crippen molar-refractivity contribution in [2.24, 2.45) is 5.92 Å². The van der Waals surface area contributed by atoms with Gasteiger partial charge in [0.25, 0.3) is 0 Å². The molecule has 1 aromatic rings. The van der Waals surface area contributed by atoms with Crippen molar-refractivity contribution >= 4 is 11.8 Å². The second-order valence-corrected chi connectivity index (χ2v) is 5.23. The average molecular weight is 290 g/mol. The van der Waals surface area contributed by atoms with E-state index in [1.165, 1.54) is 7.05 Å². The lowest BCUT2D eigenvalue weighted by Crippen LogP contribution is -2.19. The summed E-state index contributed by atoms with van der Waals surface area (Å²) < 4.78 is 38.2. The maximum absolute atomic E-state index is 12.7. The summed E-state index contributed by atoms with van der Waals surface area (Å²) in [6, 6.07) is 0.991. The van der Waals surface area contributed by atoms with Crippen molar-refractivity contribution in [2.75, 3.05) is 17.7 Å². The molecule has 1 heterocycles. The molecule has 4 nitrogen and oxygen atoms in total. The first-order valence-corrected chi connectivity index (χ1v) is 6.63. The second kappa shape index (κ2) is 6.76. The fraction of sp³-hybridized carbons (Fsp3) is 0.692. The molecule has 0 spiro atoms. The van der Waals surface area contributed by atoms with Crippen molar-refractivity contribution in [3.05, 3.63) is 11.8 Å². The highest BCUT2D eigenvalue weighted by Gasteiger charge is 2.33. The zero-order chi connectivity index (χ0) is 15.3. The Kier molecular flexibility index (Phi) is 5.59. The summed E-state index contributed by atoms with van der Waals surface area (Å²) in [6.45, 7) is 6.15. The van der Waals surface area contributed by atoms with Gasteiger partial charge in [-0.1, -0.05) is 13.8 Å². The van der Waals surface area contributed by atoms with Gasteiger partial charge in [0.05, 0.1) is 0 Å². The Bertz CT molecular complexity index is 432. The maximum atomic E-state index is 12.7. The minimum absolute atomic E-state index is 0.0432. The third-order valence-electron chi connectivity index (χ3n) is 2.81. The van der Waals surface area contributed by atoms with Crippen LogP contribution in [0.5, 0.6) is 0 Å². The molecular formula is C13H21F3N4. The largest absolute Gasteiger partial charge is 0.433 e. The quantitative estimate of drug-likeness (QED) is 0.837. The van der Waals surface area contributed by atoms with Crippen LogP contribution in [0.15, 0.2) is 6.07 Å². The van der Waals surface area contributed by atoms with E-state index >= 15 is 0 Å². The third-order valence-corrected chi connectivity index (χ3v) is 2.81. The van der Waals surface area contributed by atoms with E-state index in [0.29, 0.717) is 5.92 Å². The number of halogens is 3. The standard InChI is InChI=1S/C13H21F3N4/c1-8(2)5-6-9(3)18-11-7-10(13(14,15)16)19-12(17-4)20-11/h7-9H,5-6H2,1-4H3,(H2,17,18,19,20). The van der Waals surface area contributed by atoms with Gasteiger partial charge in [0.15, 0.2) is 5.69 Å². The lowest BCUT2D eigenvalue weighted by Gasteiger charge is -2.17. The fourth-order valence-corrected chi connectivity index (χ4v) is 1.69. The zero-order valence-corrected chi connectivity index (χ0v) is 12.2. The normalized spacial score (nSPS) is 13.4. The van der Waals surface area contributed by atoms with Crippen molar-refractivity contribution in [1.82, 2.24) is 9.97 Å². The van der Waals surface area contributed by atoms with Crippen molar-refractivity contribution in [1.29, 1.82) is 0 Å². The molecule has 7 heteroatoms. The lowest BCUT2D eigenvalue weighted by molar-refractivity contribution is -0.141. The van der Waals surface area contributed by atoms with Crippen LogP contribution in [0.25, 0.3) is 0 Å². The van der Waals surface area contributed by atoms with Gasteiger partial charge in [-0.15, -0.1) is 0 Å². The number of anilines is 2. The summed E-state index contributed by atoms with van der Waals surface area (Å²) in [7, 11) is 1.49. The average Bonchev–Trinajstić information content (AvgIpc) is 2.34. The van der Waals surface area contributed by atoms with Crippen molar-refractivity contribution < 1.29 is 13.2 Å². The Morgan fingerprint density at radius 3 is 2.30 bits per heavy atom. The van der Waals surface area contributed by atoms with Crippen LogP contribution in [-0.2, 0) is 6.18 Å². The zero-order valence-electron chi connectivity index (χ0n) is 12.2. The Morgan fingerprint density at radius 2 is 1.80 bits per heavy atom. The molecule has 0 aliphatic rings. The number of nitrogens with zero attached hydrogens (tertiary/aromatic N) is 2. The molecule has 114 valence electrons. The molecule has 0 amide bonds. The number of nitrogens with one attached hydrogen (secondary N) is 2. The van der Waals surface area contributed by atoms with Crippen LogP contribution in [0.1, 0.15) is 39.3 Å². The smallest absolute Gasteiger partial charge is 0.367 e. The molecule has 0 bridgehead atoms. The van der Waals surface area contributed by atoms with Crippen molar-refractivity contribution in [3.8, 4) is 0 Å². The van der Waals surface area contributed by atoms with E-state index in [2.05, 4.69) is 34.4 Å². The minimum Gasteiger partial charge on any atom is -0.367 e. The van der Waals surface area contributed by atoms with Gasteiger partial charge in [0, 0.05) is 19.2 Å². The molecule has 0 aromatic carbocycles. The van der Waals surface area contributed by atoms with Crippen LogP contribution in [-0.4, -0.2) is 23.1 Å². The van der Waals surface area contributed by atoms with E-state index in [1.54, 1.807) is 0 Å². The first kappa shape index (κ1) is 16.5. The summed E-state index contributed by atoms with van der Waals surface area (Å²) in [6.07, 6.45) is -2.60. The number of alkyl halides is 3. The molecular weight excluding hydrogens is 269 g/mol. The first-order chi connectivity index (χ1) is 9.22. The second-order valence-electron chi connectivity index (χ2n) is 5.23. The SMILES string of the molecule is CNc1nc(NC(C)CCC(C)C)cc(C(F)(F)F)n1. The van der Waals surface area contributed by atoms with Gasteiger partial charge in [-0.25, -0.2) is 4.98 Å². The van der Waals surface area contributed by atoms with Gasteiger partial charge >= 0.3 is 6.18 Å². The molecule has 0 aliphatic heterocycles. The predicted molar refractivity (Wildman–Crippen MR) is 73.7 cm³/mol. The first-order valence-electron chi connectivity index (χ1n) is 6.63. The third kappa shape index (κ3) is 5.22. The topological polar surface area (TPSA) is 49.8 Å². The van der Waals surface area contributed by atoms with Crippen LogP contribution in [0.3, 0.4) is 0 Å². The Morgan fingerprint density at radius 1 is 1.15 bits per heavy atom. The summed E-state index contributed by atoms with van der Waals surface area (Å²) in [5, 5.41) is 5.53. The number of aromatic nitrogens is 2. The summed E-state index contributed by atoms with van der Waals surface area (Å²) >= 11 is 0. The van der Waals surface area contributed by atoms with Crippen LogP contribution >= 0.6 is 0 Å². The van der Waals surface area contributed by atoms with E-state index in [0.717, 1.165) is 18.9 Å². The van der Waals surface area contributed by atoms with E-state index < -0.39 is 11.9 Å². The summed E-state index contributed by atoms with van der Waals surface area (Å²) in [4.78, 5) is 7.42. The fourth-order valence-electron chi connectivity index (χ4n) is 1.69. The van der Waals surface area contributed by atoms with Gasteiger partial charge in [-0.3, -0.25) is 0 Å². The Hall–Kier alpha value is -1.53. The molecule has 0 aliphatic carbocycles. The van der Waals surface area contributed by atoms with Gasteiger partial charge in [0.2, 0.25) is 5.95 Å². The molecule has 20 heavy (non-hydrogen) atoms. The minimum atomic E-state index is -4.48. The Balaban J connectivity index is 2.84. The molecule has 1 atom stereocenters. The van der Waals surface area contributed by atoms with E-state index in [9.17, 15) is 13.2 Å². The molecule has 0 saturated carbocycles. The van der Waals surface area contributed by atoms with Crippen LogP contribution < -0.4 is 10.6 Å². The van der Waals surface area contributed by atoms with Gasteiger partial charge in [0.1, 0.15) is 5.82 Å². The van der Waals surface area contributed by atoms with E-state index in [-0.39, 0.29) is 17.8 Å². The van der Waals surface area contributed by atoms with E-state index in [1.807, 2.05) is 6.92 Å². The number of hydrogen-bond donors (Lipinski definition) is 2.